The Morgan fingerprint density at radius 2 is 1.12 bits per heavy atom. The van der Waals surface area contributed by atoms with Gasteiger partial charge in [0.1, 0.15) is 5.75 Å². The molecule has 0 unspecified atom stereocenters. The van der Waals surface area contributed by atoms with Crippen LogP contribution in [-0.4, -0.2) is 19.3 Å². The molecule has 0 aliphatic carbocycles. The van der Waals surface area contributed by atoms with Gasteiger partial charge in [-0.1, -0.05) is 37.6 Å². The number of unbranched alkanes of at least 4 members (excludes halogenated alkanes) is 1. The number of alkyl halides is 2. The van der Waals surface area contributed by atoms with Crippen molar-refractivity contribution in [1.82, 2.24) is 0 Å². The van der Waals surface area contributed by atoms with Gasteiger partial charge in [-0.15, -0.1) is 0 Å². The van der Waals surface area contributed by atoms with Gasteiger partial charge in [0.25, 0.3) is 0 Å². The maximum atomic E-state index is 14.6. The first-order valence-corrected chi connectivity index (χ1v) is 12.8. The summed E-state index contributed by atoms with van der Waals surface area (Å²) in [6, 6.07) is 11.1. The standard InChI is InChI=1S/C31H24F8O3/c1-3-4-15-40-23-13-11-20(26(33)29(23)36)18-6-8-19(9-7-18)42-31(38,39)16-41-24-14-12-22(28(35)30(24)37)21-10-5-17(2)25(32)27(21)34/h5-14H,3-4,15-16H2,1-2H3. The Labute approximate surface area is 236 Å². The Balaban J connectivity index is 1.43. The lowest BCUT2D eigenvalue weighted by Crippen LogP contribution is -2.32. The second kappa shape index (κ2) is 12.7. The van der Waals surface area contributed by atoms with Gasteiger partial charge in [-0.2, -0.15) is 17.6 Å². The van der Waals surface area contributed by atoms with Gasteiger partial charge in [-0.25, -0.2) is 17.6 Å². The Bertz CT molecular complexity index is 1570. The number of aryl methyl sites for hydroxylation is 1. The fourth-order valence-corrected chi connectivity index (χ4v) is 3.96. The van der Waals surface area contributed by atoms with Crippen molar-refractivity contribution in [2.45, 2.75) is 32.8 Å². The predicted molar refractivity (Wildman–Crippen MR) is 140 cm³/mol. The highest BCUT2D eigenvalue weighted by Crippen LogP contribution is 2.35. The van der Waals surface area contributed by atoms with Gasteiger partial charge >= 0.3 is 6.11 Å². The van der Waals surface area contributed by atoms with Crippen LogP contribution in [0.3, 0.4) is 0 Å². The van der Waals surface area contributed by atoms with E-state index in [0.29, 0.717) is 6.42 Å². The summed E-state index contributed by atoms with van der Waals surface area (Å²) in [5, 5.41) is 0. The summed E-state index contributed by atoms with van der Waals surface area (Å²) in [6.07, 6.45) is -2.57. The first-order chi connectivity index (χ1) is 19.9. The molecule has 0 atom stereocenters. The van der Waals surface area contributed by atoms with Crippen LogP contribution in [0.25, 0.3) is 22.3 Å². The van der Waals surface area contributed by atoms with Crippen molar-refractivity contribution in [1.29, 1.82) is 0 Å². The molecule has 4 aromatic carbocycles. The third kappa shape index (κ3) is 6.61. The van der Waals surface area contributed by atoms with Crippen LogP contribution in [0.15, 0.2) is 60.7 Å². The minimum Gasteiger partial charge on any atom is -0.490 e. The van der Waals surface area contributed by atoms with Crippen LogP contribution in [0.2, 0.25) is 0 Å². The zero-order valence-corrected chi connectivity index (χ0v) is 22.4. The number of halogens is 8. The molecule has 0 fully saturated rings. The van der Waals surface area contributed by atoms with Gasteiger partial charge in [-0.3, -0.25) is 0 Å². The molecule has 0 saturated heterocycles. The first-order valence-electron chi connectivity index (χ1n) is 12.8. The predicted octanol–water partition coefficient (Wildman–Crippen LogP) is 9.39. The van der Waals surface area contributed by atoms with E-state index in [1.54, 1.807) is 0 Å². The van der Waals surface area contributed by atoms with Crippen LogP contribution in [0.4, 0.5) is 35.1 Å². The van der Waals surface area contributed by atoms with E-state index in [4.69, 9.17) is 9.47 Å². The quantitative estimate of drug-likeness (QED) is 0.128. The van der Waals surface area contributed by atoms with Crippen molar-refractivity contribution in [2.24, 2.45) is 0 Å². The molecular formula is C31H24F8O3. The SMILES string of the molecule is CCCCOc1ccc(-c2ccc(OC(F)(F)COc3ccc(-c4ccc(C)c(F)c4F)c(F)c3F)cc2)c(F)c1F. The maximum Gasteiger partial charge on any atom is 0.432 e. The smallest absolute Gasteiger partial charge is 0.432 e. The highest BCUT2D eigenvalue weighted by atomic mass is 19.3. The third-order valence-electron chi connectivity index (χ3n) is 6.24. The Kier molecular flexibility index (Phi) is 9.28. The maximum absolute atomic E-state index is 14.6. The lowest BCUT2D eigenvalue weighted by molar-refractivity contribution is -0.195. The van der Waals surface area contributed by atoms with Crippen molar-refractivity contribution in [3.63, 3.8) is 0 Å². The van der Waals surface area contributed by atoms with Crippen molar-refractivity contribution in [3.8, 4) is 39.5 Å². The molecule has 0 N–H and O–H groups in total. The fourth-order valence-electron chi connectivity index (χ4n) is 3.96. The minimum atomic E-state index is -4.04. The molecule has 0 heterocycles. The molecule has 3 nitrogen and oxygen atoms in total. The van der Waals surface area contributed by atoms with Crippen molar-refractivity contribution < 1.29 is 49.3 Å². The first kappa shape index (κ1) is 30.7. The molecule has 0 aliphatic heterocycles. The van der Waals surface area contributed by atoms with E-state index in [1.807, 2.05) is 6.92 Å². The molecule has 42 heavy (non-hydrogen) atoms. The number of hydrogen-bond donors (Lipinski definition) is 0. The summed E-state index contributed by atoms with van der Waals surface area (Å²) >= 11 is 0. The van der Waals surface area contributed by atoms with E-state index in [2.05, 4.69) is 4.74 Å². The summed E-state index contributed by atoms with van der Waals surface area (Å²) in [4.78, 5) is 0. The molecule has 0 amide bonds. The van der Waals surface area contributed by atoms with E-state index in [1.165, 1.54) is 37.3 Å². The normalized spacial score (nSPS) is 11.5. The highest BCUT2D eigenvalue weighted by Gasteiger charge is 2.34. The lowest BCUT2D eigenvalue weighted by Gasteiger charge is -2.19. The van der Waals surface area contributed by atoms with Crippen molar-refractivity contribution in [2.75, 3.05) is 13.2 Å². The highest BCUT2D eigenvalue weighted by molar-refractivity contribution is 5.67. The van der Waals surface area contributed by atoms with Gasteiger partial charge in [0.05, 0.1) is 6.61 Å². The monoisotopic (exact) mass is 596 g/mol. The van der Waals surface area contributed by atoms with E-state index in [9.17, 15) is 35.1 Å². The average molecular weight is 597 g/mol. The average Bonchev–Trinajstić information content (AvgIpc) is 2.96. The van der Waals surface area contributed by atoms with Gasteiger partial charge in [-0.05, 0) is 60.9 Å². The van der Waals surface area contributed by atoms with Gasteiger partial charge in [0.15, 0.2) is 41.4 Å². The molecule has 0 radical (unpaired) electrons. The zero-order chi connectivity index (χ0) is 30.6. The molecule has 11 heteroatoms. The summed E-state index contributed by atoms with van der Waals surface area (Å²) in [6.45, 7) is 1.88. The molecule has 0 aliphatic rings. The topological polar surface area (TPSA) is 27.7 Å². The number of ether oxygens (including phenoxy) is 3. The largest absolute Gasteiger partial charge is 0.490 e. The third-order valence-corrected chi connectivity index (χ3v) is 6.24. The molecule has 0 aromatic heterocycles. The van der Waals surface area contributed by atoms with Gasteiger partial charge < -0.3 is 14.2 Å². The summed E-state index contributed by atoms with van der Waals surface area (Å²) in [5.74, 6) is -9.84. The second-order valence-electron chi connectivity index (χ2n) is 9.29. The van der Waals surface area contributed by atoms with Crippen LogP contribution < -0.4 is 14.2 Å². The van der Waals surface area contributed by atoms with Crippen LogP contribution in [-0.2, 0) is 0 Å². The number of rotatable bonds is 11. The van der Waals surface area contributed by atoms with Crippen molar-refractivity contribution in [3.05, 3.63) is 101 Å². The number of benzene rings is 4. The molecule has 4 aromatic rings. The van der Waals surface area contributed by atoms with Crippen LogP contribution in [0.5, 0.6) is 17.2 Å². The van der Waals surface area contributed by atoms with Crippen molar-refractivity contribution >= 4 is 0 Å². The summed E-state index contributed by atoms with van der Waals surface area (Å²) < 4.78 is 130. The molecule has 0 saturated carbocycles. The number of hydrogen-bond acceptors (Lipinski definition) is 3. The van der Waals surface area contributed by atoms with E-state index >= 15 is 0 Å². The zero-order valence-electron chi connectivity index (χ0n) is 22.4. The summed E-state index contributed by atoms with van der Waals surface area (Å²) in [5.41, 5.74) is -1.20. The van der Waals surface area contributed by atoms with Crippen LogP contribution >= 0.6 is 0 Å². The fraction of sp³-hybridized carbons (Fsp3) is 0.226. The lowest BCUT2D eigenvalue weighted by atomic mass is 10.0. The minimum absolute atomic E-state index is 0.0445. The molecule has 4 rings (SSSR count). The molecule has 0 bridgehead atoms. The Morgan fingerprint density at radius 1 is 0.595 bits per heavy atom. The molecular weight excluding hydrogens is 572 g/mol. The van der Waals surface area contributed by atoms with Crippen LogP contribution in [0, 0.1) is 41.8 Å². The van der Waals surface area contributed by atoms with Gasteiger partial charge in [0.2, 0.25) is 11.6 Å². The van der Waals surface area contributed by atoms with E-state index < -0.39 is 64.5 Å². The summed E-state index contributed by atoms with van der Waals surface area (Å²) in [7, 11) is 0. The Hall–Kier alpha value is -4.28. The molecule has 222 valence electrons. The molecule has 0 spiro atoms. The van der Waals surface area contributed by atoms with Gasteiger partial charge in [0, 0.05) is 16.7 Å². The van der Waals surface area contributed by atoms with E-state index in [0.717, 1.165) is 36.8 Å². The van der Waals surface area contributed by atoms with E-state index in [-0.39, 0.29) is 34.8 Å². The Morgan fingerprint density at radius 3 is 1.74 bits per heavy atom. The second-order valence-corrected chi connectivity index (χ2v) is 9.29. The van der Waals surface area contributed by atoms with Crippen LogP contribution in [0.1, 0.15) is 25.3 Å².